The SMILES string of the molecule is CCCCCCC(=O)c1cc(C)cc(Br)c1. The van der Waals surface area contributed by atoms with Gasteiger partial charge in [0.05, 0.1) is 0 Å². The predicted molar refractivity (Wildman–Crippen MR) is 72.0 cm³/mol. The third kappa shape index (κ3) is 4.48. The van der Waals surface area contributed by atoms with Gasteiger partial charge in [-0.15, -0.1) is 0 Å². The van der Waals surface area contributed by atoms with Gasteiger partial charge in [-0.05, 0) is 37.1 Å². The van der Waals surface area contributed by atoms with E-state index in [1.54, 1.807) is 0 Å². The van der Waals surface area contributed by atoms with Crippen LogP contribution in [0.3, 0.4) is 0 Å². The van der Waals surface area contributed by atoms with E-state index < -0.39 is 0 Å². The minimum atomic E-state index is 0.264. The maximum absolute atomic E-state index is 11.9. The number of carbonyl (C=O) groups excluding carboxylic acids is 1. The van der Waals surface area contributed by atoms with E-state index in [4.69, 9.17) is 0 Å². The van der Waals surface area contributed by atoms with E-state index >= 15 is 0 Å². The molecule has 1 aromatic rings. The number of hydrogen-bond acceptors (Lipinski definition) is 1. The quantitative estimate of drug-likeness (QED) is 0.535. The first-order chi connectivity index (χ1) is 7.63. The van der Waals surface area contributed by atoms with Crippen molar-refractivity contribution in [1.82, 2.24) is 0 Å². The summed E-state index contributed by atoms with van der Waals surface area (Å²) < 4.78 is 0.990. The smallest absolute Gasteiger partial charge is 0.162 e. The average Bonchev–Trinajstić information content (AvgIpc) is 2.22. The van der Waals surface area contributed by atoms with Gasteiger partial charge in [-0.25, -0.2) is 0 Å². The minimum Gasteiger partial charge on any atom is -0.294 e. The molecule has 0 saturated carbocycles. The molecule has 0 bridgehead atoms. The molecule has 0 heterocycles. The fourth-order valence-corrected chi connectivity index (χ4v) is 2.36. The summed E-state index contributed by atoms with van der Waals surface area (Å²) in [5, 5.41) is 0. The molecule has 1 nitrogen and oxygen atoms in total. The van der Waals surface area contributed by atoms with E-state index in [2.05, 4.69) is 22.9 Å². The number of unbranched alkanes of at least 4 members (excludes halogenated alkanes) is 3. The lowest BCUT2D eigenvalue weighted by Crippen LogP contribution is -1.99. The van der Waals surface area contributed by atoms with E-state index in [-0.39, 0.29) is 5.78 Å². The van der Waals surface area contributed by atoms with Crippen molar-refractivity contribution in [2.75, 3.05) is 0 Å². The Morgan fingerprint density at radius 2 is 1.94 bits per heavy atom. The van der Waals surface area contributed by atoms with Crippen molar-refractivity contribution in [3.63, 3.8) is 0 Å². The van der Waals surface area contributed by atoms with Crippen LogP contribution in [0, 0.1) is 6.92 Å². The molecule has 88 valence electrons. The molecular weight excluding hydrogens is 264 g/mol. The molecule has 0 radical (unpaired) electrons. The molecule has 0 N–H and O–H groups in total. The fourth-order valence-electron chi connectivity index (χ4n) is 1.75. The highest BCUT2D eigenvalue weighted by Crippen LogP contribution is 2.17. The van der Waals surface area contributed by atoms with Gasteiger partial charge < -0.3 is 0 Å². The fraction of sp³-hybridized carbons (Fsp3) is 0.500. The third-order valence-corrected chi connectivity index (χ3v) is 3.08. The maximum Gasteiger partial charge on any atom is 0.162 e. The molecule has 0 fully saturated rings. The van der Waals surface area contributed by atoms with Gasteiger partial charge in [-0.2, -0.15) is 0 Å². The van der Waals surface area contributed by atoms with Crippen LogP contribution in [0.2, 0.25) is 0 Å². The summed E-state index contributed by atoms with van der Waals surface area (Å²) in [5.74, 6) is 0.264. The molecule has 0 aliphatic carbocycles. The zero-order valence-corrected chi connectivity index (χ0v) is 11.6. The highest BCUT2D eigenvalue weighted by Gasteiger charge is 2.06. The molecule has 2 heteroatoms. The van der Waals surface area contributed by atoms with Crippen LogP contribution in [-0.4, -0.2) is 5.78 Å². The Morgan fingerprint density at radius 3 is 2.56 bits per heavy atom. The van der Waals surface area contributed by atoms with Gasteiger partial charge in [0.1, 0.15) is 0 Å². The summed E-state index contributed by atoms with van der Waals surface area (Å²) in [6.07, 6.45) is 5.29. The van der Waals surface area contributed by atoms with Crippen LogP contribution < -0.4 is 0 Å². The van der Waals surface area contributed by atoms with Gasteiger partial charge >= 0.3 is 0 Å². The molecule has 1 aromatic carbocycles. The number of halogens is 1. The molecule has 0 atom stereocenters. The Kier molecular flexibility index (Phi) is 5.75. The number of ketones is 1. The van der Waals surface area contributed by atoms with Crippen LogP contribution in [0.15, 0.2) is 22.7 Å². The molecule has 1 rings (SSSR count). The number of aryl methyl sites for hydroxylation is 1. The molecule has 0 aliphatic rings. The number of hydrogen-bond donors (Lipinski definition) is 0. The van der Waals surface area contributed by atoms with Gasteiger partial charge in [-0.1, -0.05) is 42.1 Å². The van der Waals surface area contributed by atoms with E-state index in [1.165, 1.54) is 12.8 Å². The van der Waals surface area contributed by atoms with Crippen molar-refractivity contribution in [1.29, 1.82) is 0 Å². The molecule has 0 aromatic heterocycles. The topological polar surface area (TPSA) is 17.1 Å². The van der Waals surface area contributed by atoms with E-state index in [1.807, 2.05) is 25.1 Å². The molecule has 0 aliphatic heterocycles. The zero-order chi connectivity index (χ0) is 12.0. The Balaban J connectivity index is 2.52. The van der Waals surface area contributed by atoms with Crippen molar-refractivity contribution in [2.24, 2.45) is 0 Å². The molecule has 0 unspecified atom stereocenters. The van der Waals surface area contributed by atoms with Crippen LogP contribution in [-0.2, 0) is 0 Å². The zero-order valence-electron chi connectivity index (χ0n) is 10.1. The van der Waals surface area contributed by atoms with Crippen molar-refractivity contribution in [3.05, 3.63) is 33.8 Å². The number of benzene rings is 1. The third-order valence-electron chi connectivity index (χ3n) is 2.62. The summed E-state index contributed by atoms with van der Waals surface area (Å²) in [6.45, 7) is 4.19. The predicted octanol–water partition coefficient (Wildman–Crippen LogP) is 4.91. The monoisotopic (exact) mass is 282 g/mol. The Morgan fingerprint density at radius 1 is 1.19 bits per heavy atom. The molecule has 0 amide bonds. The number of rotatable bonds is 6. The maximum atomic E-state index is 11.9. The number of carbonyl (C=O) groups is 1. The Bertz CT molecular complexity index is 338. The van der Waals surface area contributed by atoms with Crippen LogP contribution >= 0.6 is 15.9 Å². The lowest BCUT2D eigenvalue weighted by molar-refractivity contribution is 0.0979. The van der Waals surface area contributed by atoms with Crippen LogP contribution in [0.4, 0.5) is 0 Å². The Labute approximate surface area is 106 Å². The van der Waals surface area contributed by atoms with E-state index in [0.717, 1.165) is 28.4 Å². The minimum absolute atomic E-state index is 0.264. The summed E-state index contributed by atoms with van der Waals surface area (Å²) in [6, 6.07) is 5.90. The molecule has 0 saturated heterocycles. The highest BCUT2D eigenvalue weighted by atomic mass is 79.9. The largest absolute Gasteiger partial charge is 0.294 e. The van der Waals surface area contributed by atoms with E-state index in [9.17, 15) is 4.79 Å². The first-order valence-corrected chi connectivity index (χ1v) is 6.73. The van der Waals surface area contributed by atoms with Gasteiger partial charge in [0, 0.05) is 16.5 Å². The van der Waals surface area contributed by atoms with Gasteiger partial charge in [0.25, 0.3) is 0 Å². The van der Waals surface area contributed by atoms with E-state index in [0.29, 0.717) is 6.42 Å². The lowest BCUT2D eigenvalue weighted by Gasteiger charge is -2.03. The van der Waals surface area contributed by atoms with Crippen LogP contribution in [0.25, 0.3) is 0 Å². The second-order valence-electron chi connectivity index (χ2n) is 4.25. The normalized spacial score (nSPS) is 10.4. The second kappa shape index (κ2) is 6.85. The van der Waals surface area contributed by atoms with Gasteiger partial charge in [0.15, 0.2) is 5.78 Å². The molecular formula is C14H19BrO. The Hall–Kier alpha value is -0.630. The highest BCUT2D eigenvalue weighted by molar-refractivity contribution is 9.10. The molecule has 0 spiro atoms. The average molecular weight is 283 g/mol. The van der Waals surface area contributed by atoms with Crippen LogP contribution in [0.5, 0.6) is 0 Å². The second-order valence-corrected chi connectivity index (χ2v) is 5.17. The lowest BCUT2D eigenvalue weighted by atomic mass is 10.0. The summed E-state index contributed by atoms with van der Waals surface area (Å²) in [4.78, 5) is 11.9. The van der Waals surface area contributed by atoms with Gasteiger partial charge in [-0.3, -0.25) is 4.79 Å². The van der Waals surface area contributed by atoms with Crippen molar-refractivity contribution < 1.29 is 4.79 Å². The van der Waals surface area contributed by atoms with Gasteiger partial charge in [0.2, 0.25) is 0 Å². The summed E-state index contributed by atoms with van der Waals surface area (Å²) in [5.41, 5.74) is 1.97. The summed E-state index contributed by atoms with van der Waals surface area (Å²) >= 11 is 3.42. The van der Waals surface area contributed by atoms with Crippen molar-refractivity contribution >= 4 is 21.7 Å². The first-order valence-electron chi connectivity index (χ1n) is 5.94. The first kappa shape index (κ1) is 13.4. The summed E-state index contributed by atoms with van der Waals surface area (Å²) in [7, 11) is 0. The number of Topliss-reactive ketones (excluding diaryl/α,β-unsaturated/α-hetero) is 1. The standard InChI is InChI=1S/C14H19BrO/c1-3-4-5-6-7-14(16)12-8-11(2)9-13(15)10-12/h8-10H,3-7H2,1-2H3. The molecule has 16 heavy (non-hydrogen) atoms. The van der Waals surface area contributed by atoms with Crippen molar-refractivity contribution in [2.45, 2.75) is 46.0 Å². The van der Waals surface area contributed by atoms with Crippen molar-refractivity contribution in [3.8, 4) is 0 Å². The van der Waals surface area contributed by atoms with Crippen LogP contribution in [0.1, 0.15) is 54.9 Å².